The third-order valence-electron chi connectivity index (χ3n) is 5.86. The summed E-state index contributed by atoms with van der Waals surface area (Å²) < 4.78 is 2.07. The summed E-state index contributed by atoms with van der Waals surface area (Å²) in [6, 6.07) is 5.73. The SMILES string of the molecule is O=C(c1cc(-c2cnc(-c3cccnc3)nc2)cn1CC1CC1)N1CCC[C@H](O)C1. The number of rotatable bonds is 5. The molecule has 1 amide bonds. The van der Waals surface area contributed by atoms with Gasteiger partial charge in [-0.15, -0.1) is 0 Å². The molecule has 1 saturated carbocycles. The van der Waals surface area contributed by atoms with Gasteiger partial charge in [-0.2, -0.15) is 0 Å². The molecule has 30 heavy (non-hydrogen) atoms. The highest BCUT2D eigenvalue weighted by molar-refractivity contribution is 5.94. The van der Waals surface area contributed by atoms with Crippen LogP contribution >= 0.6 is 0 Å². The highest BCUT2D eigenvalue weighted by atomic mass is 16.3. The summed E-state index contributed by atoms with van der Waals surface area (Å²) in [4.78, 5) is 28.1. The van der Waals surface area contributed by atoms with E-state index < -0.39 is 6.10 Å². The number of likely N-dealkylation sites (tertiary alicyclic amines) is 1. The largest absolute Gasteiger partial charge is 0.391 e. The lowest BCUT2D eigenvalue weighted by molar-refractivity contribution is 0.0464. The number of carbonyl (C=O) groups is 1. The summed E-state index contributed by atoms with van der Waals surface area (Å²) in [6.07, 6.45) is 12.7. The Morgan fingerprint density at radius 3 is 2.63 bits per heavy atom. The topological polar surface area (TPSA) is 84.1 Å². The lowest BCUT2D eigenvalue weighted by Gasteiger charge is -2.30. The first kappa shape index (κ1) is 18.9. The molecule has 154 valence electrons. The van der Waals surface area contributed by atoms with Gasteiger partial charge < -0.3 is 14.6 Å². The van der Waals surface area contributed by atoms with Crippen molar-refractivity contribution in [1.29, 1.82) is 0 Å². The van der Waals surface area contributed by atoms with Crippen LogP contribution in [0, 0.1) is 5.92 Å². The number of amides is 1. The molecule has 1 atom stereocenters. The summed E-state index contributed by atoms with van der Waals surface area (Å²) in [6.45, 7) is 1.96. The van der Waals surface area contributed by atoms with Crippen molar-refractivity contribution in [2.24, 2.45) is 5.92 Å². The van der Waals surface area contributed by atoms with E-state index in [1.807, 2.05) is 24.4 Å². The average Bonchev–Trinajstić information content (AvgIpc) is 3.51. The Kier molecular flexibility index (Phi) is 5.04. The fourth-order valence-electron chi connectivity index (χ4n) is 4.00. The van der Waals surface area contributed by atoms with Crippen LogP contribution in [0.4, 0.5) is 0 Å². The maximum Gasteiger partial charge on any atom is 0.270 e. The van der Waals surface area contributed by atoms with Crippen molar-refractivity contribution in [3.63, 3.8) is 0 Å². The highest BCUT2D eigenvalue weighted by Gasteiger charge is 2.28. The minimum Gasteiger partial charge on any atom is -0.391 e. The van der Waals surface area contributed by atoms with Crippen LogP contribution in [-0.2, 0) is 6.54 Å². The van der Waals surface area contributed by atoms with Gasteiger partial charge >= 0.3 is 0 Å². The van der Waals surface area contributed by atoms with E-state index in [1.165, 1.54) is 12.8 Å². The van der Waals surface area contributed by atoms with Crippen LogP contribution in [0.3, 0.4) is 0 Å². The van der Waals surface area contributed by atoms with E-state index in [0.717, 1.165) is 36.1 Å². The van der Waals surface area contributed by atoms with Crippen molar-refractivity contribution in [1.82, 2.24) is 24.4 Å². The van der Waals surface area contributed by atoms with Crippen LogP contribution in [0.25, 0.3) is 22.5 Å². The Bertz CT molecular complexity index is 1030. The number of pyridine rings is 1. The molecule has 1 N–H and O–H groups in total. The highest BCUT2D eigenvalue weighted by Crippen LogP contribution is 2.33. The molecule has 0 bridgehead atoms. The van der Waals surface area contributed by atoms with Gasteiger partial charge in [0.2, 0.25) is 0 Å². The Morgan fingerprint density at radius 2 is 1.93 bits per heavy atom. The molecule has 3 aromatic rings. The molecule has 1 aliphatic carbocycles. The number of hydrogen-bond acceptors (Lipinski definition) is 5. The van der Waals surface area contributed by atoms with Crippen molar-refractivity contribution in [2.45, 2.75) is 38.3 Å². The summed E-state index contributed by atoms with van der Waals surface area (Å²) in [5.74, 6) is 1.27. The van der Waals surface area contributed by atoms with Gasteiger partial charge in [-0.1, -0.05) is 0 Å². The number of nitrogens with zero attached hydrogens (tertiary/aromatic N) is 5. The molecule has 5 rings (SSSR count). The van der Waals surface area contributed by atoms with E-state index in [-0.39, 0.29) is 5.91 Å². The van der Waals surface area contributed by atoms with Crippen LogP contribution in [0.5, 0.6) is 0 Å². The molecule has 0 aromatic carbocycles. The third kappa shape index (κ3) is 3.98. The standard InChI is InChI=1S/C23H25N5O2/c29-20-4-2-8-27(15-20)23(30)21-9-18(14-28(21)13-16-5-6-16)19-11-25-22(26-12-19)17-3-1-7-24-10-17/h1,3,7,9-12,14,16,20,29H,2,4-6,8,13,15H2/t20-/m0/s1. The van der Waals surface area contributed by atoms with E-state index in [4.69, 9.17) is 0 Å². The first-order valence-electron chi connectivity index (χ1n) is 10.6. The second-order valence-corrected chi connectivity index (χ2v) is 8.29. The zero-order chi connectivity index (χ0) is 20.5. The molecule has 7 nitrogen and oxygen atoms in total. The van der Waals surface area contributed by atoms with E-state index in [9.17, 15) is 9.90 Å². The van der Waals surface area contributed by atoms with Gasteiger partial charge in [0, 0.05) is 67.3 Å². The number of piperidine rings is 1. The molecule has 7 heteroatoms. The molecule has 0 spiro atoms. The Balaban J connectivity index is 1.43. The lowest BCUT2D eigenvalue weighted by Crippen LogP contribution is -2.42. The van der Waals surface area contributed by atoms with Gasteiger partial charge in [-0.05, 0) is 49.8 Å². The lowest BCUT2D eigenvalue weighted by atomic mass is 10.1. The molecule has 0 unspecified atom stereocenters. The van der Waals surface area contributed by atoms with Crippen LogP contribution in [-0.4, -0.2) is 54.6 Å². The second-order valence-electron chi connectivity index (χ2n) is 8.29. The number of aromatic nitrogens is 4. The summed E-state index contributed by atoms with van der Waals surface area (Å²) in [5.41, 5.74) is 3.37. The average molecular weight is 403 g/mol. The zero-order valence-corrected chi connectivity index (χ0v) is 16.8. The molecule has 4 heterocycles. The van der Waals surface area contributed by atoms with Gasteiger partial charge in [0.05, 0.1) is 6.10 Å². The maximum absolute atomic E-state index is 13.2. The molecule has 2 fully saturated rings. The number of aliphatic hydroxyl groups is 1. The minimum atomic E-state index is -0.428. The number of hydrogen-bond donors (Lipinski definition) is 1. The Labute approximate surface area is 175 Å². The number of aliphatic hydroxyl groups excluding tert-OH is 1. The maximum atomic E-state index is 13.2. The molecular formula is C23H25N5O2. The predicted octanol–water partition coefficient (Wildman–Crippen LogP) is 3.01. The van der Waals surface area contributed by atoms with Crippen molar-refractivity contribution < 1.29 is 9.90 Å². The van der Waals surface area contributed by atoms with Gasteiger partial charge in [-0.3, -0.25) is 9.78 Å². The second kappa shape index (κ2) is 7.99. The summed E-state index contributed by atoms with van der Waals surface area (Å²) in [7, 11) is 0. The van der Waals surface area contributed by atoms with Crippen LogP contribution in [0.15, 0.2) is 49.2 Å². The Hall–Kier alpha value is -3.06. The molecule has 1 saturated heterocycles. The van der Waals surface area contributed by atoms with E-state index in [1.54, 1.807) is 29.7 Å². The first-order valence-corrected chi connectivity index (χ1v) is 10.6. The van der Waals surface area contributed by atoms with Crippen molar-refractivity contribution in [3.05, 3.63) is 54.9 Å². The predicted molar refractivity (Wildman–Crippen MR) is 113 cm³/mol. The van der Waals surface area contributed by atoms with Gasteiger partial charge in [0.1, 0.15) is 5.69 Å². The van der Waals surface area contributed by atoms with Crippen molar-refractivity contribution in [2.75, 3.05) is 13.1 Å². The summed E-state index contributed by atoms with van der Waals surface area (Å²) >= 11 is 0. The van der Waals surface area contributed by atoms with Crippen LogP contribution < -0.4 is 0 Å². The number of β-amino-alcohol motifs (C(OH)–C–C–N with tert-alkyl or cyclic N) is 1. The van der Waals surface area contributed by atoms with E-state index in [2.05, 4.69) is 19.5 Å². The molecule has 3 aromatic heterocycles. The van der Waals surface area contributed by atoms with Gasteiger partial charge in [0.15, 0.2) is 5.82 Å². The first-order chi connectivity index (χ1) is 14.7. The fraction of sp³-hybridized carbons (Fsp3) is 0.391. The molecule has 0 radical (unpaired) electrons. The monoisotopic (exact) mass is 403 g/mol. The third-order valence-corrected chi connectivity index (χ3v) is 5.86. The fourth-order valence-corrected chi connectivity index (χ4v) is 4.00. The van der Waals surface area contributed by atoms with Crippen LogP contribution in [0.1, 0.15) is 36.2 Å². The minimum absolute atomic E-state index is 0.00597. The normalized spacial score (nSPS) is 19.1. The van der Waals surface area contributed by atoms with E-state index in [0.29, 0.717) is 30.5 Å². The molecule has 1 aliphatic heterocycles. The van der Waals surface area contributed by atoms with Crippen molar-refractivity contribution >= 4 is 5.91 Å². The Morgan fingerprint density at radius 1 is 1.10 bits per heavy atom. The van der Waals surface area contributed by atoms with Gasteiger partial charge in [-0.25, -0.2) is 9.97 Å². The van der Waals surface area contributed by atoms with Crippen LogP contribution in [0.2, 0.25) is 0 Å². The number of carbonyl (C=O) groups excluding carboxylic acids is 1. The van der Waals surface area contributed by atoms with Crippen molar-refractivity contribution in [3.8, 4) is 22.5 Å². The van der Waals surface area contributed by atoms with E-state index >= 15 is 0 Å². The summed E-state index contributed by atoms with van der Waals surface area (Å²) in [5, 5.41) is 9.98. The molecular weight excluding hydrogens is 378 g/mol. The van der Waals surface area contributed by atoms with Gasteiger partial charge in [0.25, 0.3) is 5.91 Å². The zero-order valence-electron chi connectivity index (χ0n) is 16.8. The smallest absolute Gasteiger partial charge is 0.270 e. The molecule has 2 aliphatic rings. The quantitative estimate of drug-likeness (QED) is 0.708.